The maximum Gasteiger partial charge on any atom is 0.264 e. The Bertz CT molecular complexity index is 590. The topological polar surface area (TPSA) is 72.9 Å². The fraction of sp³-hybridized carbons (Fsp3) is 0.533. The number of rotatable bonds is 4. The van der Waals surface area contributed by atoms with Crippen LogP contribution < -0.4 is 4.72 Å². The van der Waals surface area contributed by atoms with Gasteiger partial charge in [0.2, 0.25) is 0 Å². The lowest BCUT2D eigenvalue weighted by molar-refractivity contribution is -0.158. The van der Waals surface area contributed by atoms with E-state index in [1.807, 2.05) is 0 Å². The summed E-state index contributed by atoms with van der Waals surface area (Å²) < 4.78 is 29.9. The largest absolute Gasteiger partial charge is 0.286 e. The summed E-state index contributed by atoms with van der Waals surface area (Å²) in [5.41, 5.74) is 1.10. The van der Waals surface area contributed by atoms with E-state index in [9.17, 15) is 18.6 Å². The highest BCUT2D eigenvalue weighted by atomic mass is 32.2. The Morgan fingerprint density at radius 3 is 2.35 bits per heavy atom. The number of hydrogen-bond donors (Lipinski definition) is 2. The van der Waals surface area contributed by atoms with Gasteiger partial charge in [-0.1, -0.05) is 12.1 Å². The molecule has 2 fully saturated rings. The van der Waals surface area contributed by atoms with Gasteiger partial charge in [0.25, 0.3) is 5.91 Å². The summed E-state index contributed by atoms with van der Waals surface area (Å²) in [6.45, 7) is 1.55. The highest BCUT2D eigenvalue weighted by Crippen LogP contribution is 2.28. The van der Waals surface area contributed by atoms with E-state index < -0.39 is 23.1 Å². The van der Waals surface area contributed by atoms with Crippen LogP contribution in [0.2, 0.25) is 0 Å². The van der Waals surface area contributed by atoms with Gasteiger partial charge in [-0.05, 0) is 42.9 Å². The Balaban J connectivity index is 1.51. The molecule has 8 heteroatoms. The normalized spacial score (nSPS) is 25.0. The van der Waals surface area contributed by atoms with Crippen molar-refractivity contribution in [2.24, 2.45) is 0 Å². The second kappa shape index (κ2) is 7.04. The van der Waals surface area contributed by atoms with Gasteiger partial charge in [-0.15, -0.1) is 0 Å². The van der Waals surface area contributed by atoms with Crippen molar-refractivity contribution in [2.75, 3.05) is 19.6 Å². The van der Waals surface area contributed by atoms with E-state index >= 15 is 0 Å². The van der Waals surface area contributed by atoms with Crippen molar-refractivity contribution in [1.82, 2.24) is 14.1 Å². The minimum absolute atomic E-state index is 0.240. The molecule has 0 spiro atoms. The molecule has 2 atom stereocenters. The van der Waals surface area contributed by atoms with Crippen LogP contribution in [-0.4, -0.2) is 50.4 Å². The zero-order chi connectivity index (χ0) is 16.4. The lowest BCUT2D eigenvalue weighted by Gasteiger charge is -2.31. The van der Waals surface area contributed by atoms with Gasteiger partial charge in [-0.2, -0.15) is 0 Å². The van der Waals surface area contributed by atoms with Crippen LogP contribution in [0.1, 0.15) is 30.7 Å². The predicted molar refractivity (Wildman–Crippen MR) is 83.1 cm³/mol. The van der Waals surface area contributed by atoms with Gasteiger partial charge < -0.3 is 0 Å². The summed E-state index contributed by atoms with van der Waals surface area (Å²) >= 11 is -1.44. The highest BCUT2D eigenvalue weighted by molar-refractivity contribution is 7.80. The molecule has 23 heavy (non-hydrogen) atoms. The molecule has 3 rings (SSSR count). The number of piperidine rings is 1. The lowest BCUT2D eigenvalue weighted by Crippen LogP contribution is -2.46. The molecule has 2 unspecified atom stereocenters. The third-order valence-corrected chi connectivity index (χ3v) is 5.78. The van der Waals surface area contributed by atoms with Crippen molar-refractivity contribution in [2.45, 2.75) is 31.2 Å². The van der Waals surface area contributed by atoms with E-state index in [1.54, 1.807) is 16.4 Å². The Morgan fingerprint density at radius 1 is 1.13 bits per heavy atom. The highest BCUT2D eigenvalue weighted by Gasteiger charge is 2.33. The van der Waals surface area contributed by atoms with E-state index in [2.05, 4.69) is 4.72 Å². The predicted octanol–water partition coefficient (Wildman–Crippen LogP) is 1.16. The fourth-order valence-corrected chi connectivity index (χ4v) is 4.21. The third-order valence-electron chi connectivity index (χ3n) is 4.45. The molecule has 0 saturated carbocycles. The molecule has 2 saturated heterocycles. The van der Waals surface area contributed by atoms with Crippen molar-refractivity contribution in [1.29, 1.82) is 0 Å². The number of amides is 1. The number of nitrogens with zero attached hydrogens (tertiary/aromatic N) is 2. The number of benzene rings is 1. The Labute approximate surface area is 136 Å². The Kier molecular flexibility index (Phi) is 5.05. The molecule has 1 aromatic carbocycles. The van der Waals surface area contributed by atoms with Gasteiger partial charge in [0.1, 0.15) is 11.9 Å². The molecular weight excluding hydrogens is 321 g/mol. The van der Waals surface area contributed by atoms with E-state index in [4.69, 9.17) is 0 Å². The summed E-state index contributed by atoms with van der Waals surface area (Å²) in [4.78, 5) is 11.6. The van der Waals surface area contributed by atoms with Crippen molar-refractivity contribution in [3.63, 3.8) is 0 Å². The third kappa shape index (κ3) is 3.77. The second-order valence-electron chi connectivity index (χ2n) is 5.92. The zero-order valence-corrected chi connectivity index (χ0v) is 13.5. The summed E-state index contributed by atoms with van der Waals surface area (Å²) in [6, 6.07) is 5.95. The standard InChI is InChI=1S/C15H20FN3O3S/c16-13-3-1-11(2-4-13)12-5-8-18(9-6-12)23(22)17-14-7-10-19(21)15(14)20/h1-4,12,14,17,21H,5-10H2. The maximum atomic E-state index is 13.0. The van der Waals surface area contributed by atoms with Crippen molar-refractivity contribution in [3.8, 4) is 0 Å². The molecule has 0 radical (unpaired) electrons. The van der Waals surface area contributed by atoms with E-state index in [0.29, 0.717) is 30.5 Å². The van der Waals surface area contributed by atoms with Gasteiger partial charge in [-0.25, -0.2) is 22.7 Å². The molecule has 2 N–H and O–H groups in total. The van der Waals surface area contributed by atoms with Crippen LogP contribution in [0.5, 0.6) is 0 Å². The van der Waals surface area contributed by atoms with Crippen LogP contribution in [0.25, 0.3) is 0 Å². The summed E-state index contributed by atoms with van der Waals surface area (Å²) in [6.07, 6.45) is 2.13. The SMILES string of the molecule is O=C1C(NS(=O)N2CCC(c3ccc(F)cc3)CC2)CCN1O. The fourth-order valence-electron chi connectivity index (χ4n) is 3.06. The van der Waals surface area contributed by atoms with Gasteiger partial charge in [0, 0.05) is 13.1 Å². The molecule has 0 aliphatic carbocycles. The average molecular weight is 341 g/mol. The molecule has 2 aliphatic heterocycles. The number of hydrogen-bond acceptors (Lipinski definition) is 3. The molecule has 2 aliphatic rings. The average Bonchev–Trinajstić information content (AvgIpc) is 2.88. The summed E-state index contributed by atoms with van der Waals surface area (Å²) in [7, 11) is 0. The number of halogens is 1. The molecule has 1 amide bonds. The van der Waals surface area contributed by atoms with Crippen LogP contribution >= 0.6 is 0 Å². The minimum Gasteiger partial charge on any atom is -0.286 e. The van der Waals surface area contributed by atoms with Crippen LogP contribution in [0.15, 0.2) is 24.3 Å². The molecule has 1 aromatic rings. The summed E-state index contributed by atoms with van der Waals surface area (Å²) in [5.74, 6) is -0.333. The molecule has 2 heterocycles. The Hall–Kier alpha value is -1.35. The minimum atomic E-state index is -1.44. The Morgan fingerprint density at radius 2 is 1.78 bits per heavy atom. The zero-order valence-electron chi connectivity index (χ0n) is 12.7. The first-order valence-electron chi connectivity index (χ1n) is 7.73. The van der Waals surface area contributed by atoms with Crippen molar-refractivity contribution >= 4 is 17.1 Å². The monoisotopic (exact) mass is 341 g/mol. The van der Waals surface area contributed by atoms with Crippen LogP contribution in [0, 0.1) is 5.82 Å². The second-order valence-corrected chi connectivity index (χ2v) is 7.17. The van der Waals surface area contributed by atoms with Gasteiger partial charge in [0.05, 0.1) is 6.54 Å². The van der Waals surface area contributed by atoms with E-state index in [-0.39, 0.29) is 12.4 Å². The lowest BCUT2D eigenvalue weighted by atomic mass is 9.90. The molecule has 6 nitrogen and oxygen atoms in total. The maximum absolute atomic E-state index is 13.0. The number of carbonyl (C=O) groups excluding carboxylic acids is 1. The van der Waals surface area contributed by atoms with Crippen LogP contribution in [0.3, 0.4) is 0 Å². The number of hydroxylamine groups is 2. The summed E-state index contributed by atoms with van der Waals surface area (Å²) in [5, 5.41) is 9.94. The van der Waals surface area contributed by atoms with E-state index in [0.717, 1.165) is 18.4 Å². The van der Waals surface area contributed by atoms with E-state index in [1.165, 1.54) is 12.1 Å². The number of carbonyl (C=O) groups is 1. The first-order chi connectivity index (χ1) is 11.0. The first-order valence-corrected chi connectivity index (χ1v) is 8.84. The van der Waals surface area contributed by atoms with Crippen molar-refractivity contribution in [3.05, 3.63) is 35.6 Å². The number of nitrogens with one attached hydrogen (secondary N) is 1. The van der Waals surface area contributed by atoms with Gasteiger partial charge in [0.15, 0.2) is 11.2 Å². The van der Waals surface area contributed by atoms with Crippen molar-refractivity contribution < 1.29 is 18.6 Å². The first kappa shape index (κ1) is 16.5. The van der Waals surface area contributed by atoms with Gasteiger partial charge in [-0.3, -0.25) is 10.0 Å². The smallest absolute Gasteiger partial charge is 0.264 e. The quantitative estimate of drug-likeness (QED) is 0.808. The molecular formula is C15H20FN3O3S. The molecule has 0 bridgehead atoms. The van der Waals surface area contributed by atoms with Gasteiger partial charge >= 0.3 is 0 Å². The molecule has 0 aromatic heterocycles. The van der Waals surface area contributed by atoms with Crippen LogP contribution in [-0.2, 0) is 16.0 Å². The molecule has 126 valence electrons. The van der Waals surface area contributed by atoms with Crippen LogP contribution in [0.4, 0.5) is 4.39 Å².